The lowest BCUT2D eigenvalue weighted by Gasteiger charge is -2.11. The van der Waals surface area contributed by atoms with Crippen molar-refractivity contribution in [1.29, 1.82) is 5.26 Å². The van der Waals surface area contributed by atoms with E-state index in [1.165, 1.54) is 0 Å². The average Bonchev–Trinajstić information content (AvgIpc) is 2.49. The fraction of sp³-hybridized carbons (Fsp3) is 0.214. The smallest absolute Gasteiger partial charge is 0.224 e. The number of benzene rings is 1. The van der Waals surface area contributed by atoms with Gasteiger partial charge in [0.15, 0.2) is 5.82 Å². The van der Waals surface area contributed by atoms with Crippen molar-refractivity contribution >= 4 is 45.0 Å². The third-order valence-corrected chi connectivity index (χ3v) is 3.56. The minimum Gasteiger partial charge on any atom is -0.354 e. The summed E-state index contributed by atoms with van der Waals surface area (Å²) in [7, 11) is 0. The molecule has 2 rings (SSSR count). The quantitative estimate of drug-likeness (QED) is 0.824. The molecule has 0 spiro atoms. The molecule has 0 radical (unpaired) electrons. The van der Waals surface area contributed by atoms with E-state index in [1.54, 1.807) is 24.4 Å². The largest absolute Gasteiger partial charge is 0.354 e. The SMILES string of the molecule is CCCNc1ncc(Cl)c(Nc2ccc(C#N)cc2Br)n1. The van der Waals surface area contributed by atoms with Gasteiger partial charge < -0.3 is 10.6 Å². The van der Waals surface area contributed by atoms with E-state index in [2.05, 4.69) is 49.5 Å². The summed E-state index contributed by atoms with van der Waals surface area (Å²) < 4.78 is 0.763. The maximum absolute atomic E-state index is 8.86. The fourth-order valence-corrected chi connectivity index (χ4v) is 2.21. The van der Waals surface area contributed by atoms with Gasteiger partial charge in [0.05, 0.1) is 23.5 Å². The van der Waals surface area contributed by atoms with Gasteiger partial charge in [0, 0.05) is 11.0 Å². The number of hydrogen-bond donors (Lipinski definition) is 2. The predicted molar refractivity (Wildman–Crippen MR) is 88.0 cm³/mol. The third kappa shape index (κ3) is 4.06. The number of hydrogen-bond acceptors (Lipinski definition) is 5. The Kier molecular flexibility index (Phi) is 5.37. The molecule has 1 aromatic carbocycles. The molecule has 1 heterocycles. The second-order valence-electron chi connectivity index (χ2n) is 4.25. The number of anilines is 3. The Hall–Kier alpha value is -1.84. The lowest BCUT2D eigenvalue weighted by molar-refractivity contribution is 0.953. The number of halogens is 2. The van der Waals surface area contributed by atoms with Crippen LogP contribution < -0.4 is 10.6 Å². The van der Waals surface area contributed by atoms with Gasteiger partial charge in [-0.3, -0.25) is 0 Å². The summed E-state index contributed by atoms with van der Waals surface area (Å²) in [6.45, 7) is 2.86. The minimum absolute atomic E-state index is 0.424. The van der Waals surface area contributed by atoms with E-state index in [-0.39, 0.29) is 0 Å². The number of nitrogens with zero attached hydrogens (tertiary/aromatic N) is 3. The number of nitriles is 1. The molecule has 0 atom stereocenters. The first-order valence-corrected chi connectivity index (χ1v) is 7.54. The summed E-state index contributed by atoms with van der Waals surface area (Å²) in [5.41, 5.74) is 1.35. The molecule has 0 aliphatic carbocycles. The summed E-state index contributed by atoms with van der Waals surface area (Å²) >= 11 is 9.52. The van der Waals surface area contributed by atoms with Crippen LogP contribution in [-0.4, -0.2) is 16.5 Å². The second-order valence-corrected chi connectivity index (χ2v) is 5.51. The van der Waals surface area contributed by atoms with E-state index < -0.39 is 0 Å². The highest BCUT2D eigenvalue weighted by atomic mass is 79.9. The first-order valence-electron chi connectivity index (χ1n) is 6.37. The first kappa shape index (κ1) is 15.5. The van der Waals surface area contributed by atoms with Gasteiger partial charge in [-0.25, -0.2) is 4.98 Å². The average molecular weight is 367 g/mol. The van der Waals surface area contributed by atoms with Crippen LogP contribution >= 0.6 is 27.5 Å². The summed E-state index contributed by atoms with van der Waals surface area (Å²) in [5, 5.41) is 15.5. The number of nitrogens with one attached hydrogen (secondary N) is 2. The molecule has 0 fully saturated rings. The predicted octanol–water partition coefficient (Wildman–Crippen LogP) is 4.33. The van der Waals surface area contributed by atoms with Gasteiger partial charge in [0.2, 0.25) is 5.95 Å². The fourth-order valence-electron chi connectivity index (χ4n) is 1.59. The molecule has 1 aromatic heterocycles. The van der Waals surface area contributed by atoms with Crippen molar-refractivity contribution in [2.45, 2.75) is 13.3 Å². The standard InChI is InChI=1S/C14H13BrClN5/c1-2-5-18-14-19-8-11(16)13(21-14)20-12-4-3-9(7-17)6-10(12)15/h3-4,6,8H,2,5H2,1H3,(H2,18,19,20,21). The molecule has 7 heteroatoms. The highest BCUT2D eigenvalue weighted by Crippen LogP contribution is 2.29. The number of aromatic nitrogens is 2. The Morgan fingerprint density at radius 1 is 1.43 bits per heavy atom. The van der Waals surface area contributed by atoms with Gasteiger partial charge in [-0.2, -0.15) is 10.2 Å². The lowest BCUT2D eigenvalue weighted by Crippen LogP contribution is -2.06. The summed E-state index contributed by atoms with van der Waals surface area (Å²) in [6.07, 6.45) is 2.53. The second kappa shape index (κ2) is 7.25. The van der Waals surface area contributed by atoms with Crippen molar-refractivity contribution in [2.75, 3.05) is 17.2 Å². The number of rotatable bonds is 5. The van der Waals surface area contributed by atoms with Crippen LogP contribution in [0.15, 0.2) is 28.9 Å². The van der Waals surface area contributed by atoms with Gasteiger partial charge in [0.1, 0.15) is 5.02 Å². The van der Waals surface area contributed by atoms with Crippen molar-refractivity contribution in [3.05, 3.63) is 39.5 Å². The molecule has 0 saturated heterocycles. The third-order valence-electron chi connectivity index (χ3n) is 2.63. The molecule has 0 saturated carbocycles. The Bertz CT molecular complexity index is 684. The van der Waals surface area contributed by atoms with Crippen molar-refractivity contribution < 1.29 is 0 Å². The van der Waals surface area contributed by atoms with Crippen LogP contribution in [0, 0.1) is 11.3 Å². The van der Waals surface area contributed by atoms with E-state index >= 15 is 0 Å². The van der Waals surface area contributed by atoms with Gasteiger partial charge in [-0.1, -0.05) is 18.5 Å². The Morgan fingerprint density at radius 3 is 2.90 bits per heavy atom. The highest BCUT2D eigenvalue weighted by Gasteiger charge is 2.08. The normalized spacial score (nSPS) is 10.0. The van der Waals surface area contributed by atoms with Gasteiger partial charge in [-0.05, 0) is 40.5 Å². The van der Waals surface area contributed by atoms with E-state index in [0.29, 0.717) is 22.4 Å². The van der Waals surface area contributed by atoms with Crippen molar-refractivity contribution in [3.63, 3.8) is 0 Å². The first-order chi connectivity index (χ1) is 10.1. The molecule has 108 valence electrons. The Morgan fingerprint density at radius 2 is 2.24 bits per heavy atom. The van der Waals surface area contributed by atoms with Gasteiger partial charge in [0.25, 0.3) is 0 Å². The Balaban J connectivity index is 2.24. The van der Waals surface area contributed by atoms with Crippen LogP contribution in [-0.2, 0) is 0 Å². The zero-order chi connectivity index (χ0) is 15.2. The zero-order valence-corrected chi connectivity index (χ0v) is 13.7. The molecule has 2 N–H and O–H groups in total. The van der Waals surface area contributed by atoms with Crippen LogP contribution in [0.5, 0.6) is 0 Å². The topological polar surface area (TPSA) is 73.6 Å². The molecule has 0 bridgehead atoms. The molecule has 0 aliphatic rings. The summed E-state index contributed by atoms with van der Waals surface area (Å²) in [6, 6.07) is 7.33. The van der Waals surface area contributed by atoms with Crippen molar-refractivity contribution in [3.8, 4) is 6.07 Å². The van der Waals surface area contributed by atoms with Crippen molar-refractivity contribution in [1.82, 2.24) is 9.97 Å². The van der Waals surface area contributed by atoms with Crippen LogP contribution in [0.2, 0.25) is 5.02 Å². The lowest BCUT2D eigenvalue weighted by atomic mass is 10.2. The molecule has 5 nitrogen and oxygen atoms in total. The molecule has 0 aliphatic heterocycles. The van der Waals surface area contributed by atoms with Crippen LogP contribution in [0.3, 0.4) is 0 Å². The summed E-state index contributed by atoms with van der Waals surface area (Å²) in [4.78, 5) is 8.46. The maximum atomic E-state index is 8.86. The van der Waals surface area contributed by atoms with Gasteiger partial charge >= 0.3 is 0 Å². The molecule has 0 amide bonds. The maximum Gasteiger partial charge on any atom is 0.224 e. The Labute approximate surface area is 136 Å². The van der Waals surface area contributed by atoms with Crippen LogP contribution in [0.4, 0.5) is 17.5 Å². The minimum atomic E-state index is 0.424. The van der Waals surface area contributed by atoms with E-state index in [1.807, 2.05) is 0 Å². The molecule has 0 unspecified atom stereocenters. The van der Waals surface area contributed by atoms with Crippen LogP contribution in [0.1, 0.15) is 18.9 Å². The van der Waals surface area contributed by atoms with Gasteiger partial charge in [-0.15, -0.1) is 0 Å². The van der Waals surface area contributed by atoms with E-state index in [9.17, 15) is 0 Å². The monoisotopic (exact) mass is 365 g/mol. The summed E-state index contributed by atoms with van der Waals surface area (Å²) in [5.74, 6) is 1.03. The van der Waals surface area contributed by atoms with Crippen LogP contribution in [0.25, 0.3) is 0 Å². The molecular weight excluding hydrogens is 354 g/mol. The molecule has 21 heavy (non-hydrogen) atoms. The van der Waals surface area contributed by atoms with E-state index in [0.717, 1.165) is 23.1 Å². The van der Waals surface area contributed by atoms with E-state index in [4.69, 9.17) is 16.9 Å². The molecule has 2 aromatic rings. The molecular formula is C14H13BrClN5. The highest BCUT2D eigenvalue weighted by molar-refractivity contribution is 9.10. The zero-order valence-electron chi connectivity index (χ0n) is 11.3. The van der Waals surface area contributed by atoms with Crippen molar-refractivity contribution in [2.24, 2.45) is 0 Å².